The van der Waals surface area contributed by atoms with E-state index in [9.17, 15) is 0 Å². The van der Waals surface area contributed by atoms with E-state index in [1.54, 1.807) is 0 Å². The molecule has 0 amide bonds. The van der Waals surface area contributed by atoms with Crippen LogP contribution in [0.3, 0.4) is 0 Å². The molecule has 0 aliphatic rings. The highest BCUT2D eigenvalue weighted by molar-refractivity contribution is 5.85. The SMILES string of the molecule is Cl.[Cl-].c1ccc(Cc2cc(-c3ccncc3)cc[n+]2Cc2ccccc2)cc1. The summed E-state index contributed by atoms with van der Waals surface area (Å²) in [6.07, 6.45) is 6.79. The van der Waals surface area contributed by atoms with Crippen LogP contribution in [0.2, 0.25) is 0 Å². The molecule has 28 heavy (non-hydrogen) atoms. The summed E-state index contributed by atoms with van der Waals surface area (Å²) in [6, 6.07) is 29.8. The van der Waals surface area contributed by atoms with Crippen molar-refractivity contribution in [1.82, 2.24) is 4.98 Å². The number of rotatable bonds is 5. The molecule has 2 aromatic carbocycles. The summed E-state index contributed by atoms with van der Waals surface area (Å²) in [6.45, 7) is 0.875. The molecular weight excluding hydrogens is 387 g/mol. The first-order valence-electron chi connectivity index (χ1n) is 8.89. The normalized spacial score (nSPS) is 9.86. The first-order valence-corrected chi connectivity index (χ1v) is 8.89. The number of nitrogens with zero attached hydrogens (tertiary/aromatic N) is 2. The summed E-state index contributed by atoms with van der Waals surface area (Å²) in [5, 5.41) is 0. The standard InChI is InChI=1S/C24H21N2.2ClH/c1-3-7-20(8-4-1)17-24-18-23(22-11-14-25-15-12-22)13-16-26(24)19-21-9-5-2-6-10-21;;/h1-16,18H,17,19H2;2*1H/q+1;;/p-1. The first kappa shape index (κ1) is 21.6. The summed E-state index contributed by atoms with van der Waals surface area (Å²) < 4.78 is 2.34. The predicted molar refractivity (Wildman–Crippen MR) is 112 cm³/mol. The molecule has 2 nitrogen and oxygen atoms in total. The van der Waals surface area contributed by atoms with Crippen LogP contribution in [-0.2, 0) is 13.0 Å². The molecule has 142 valence electrons. The van der Waals surface area contributed by atoms with E-state index >= 15 is 0 Å². The quantitative estimate of drug-likeness (QED) is 0.462. The minimum Gasteiger partial charge on any atom is -1.00 e. The molecule has 4 rings (SSSR count). The van der Waals surface area contributed by atoms with E-state index in [-0.39, 0.29) is 24.8 Å². The number of pyridine rings is 2. The van der Waals surface area contributed by atoms with Crippen molar-refractivity contribution in [2.75, 3.05) is 0 Å². The zero-order valence-corrected chi connectivity index (χ0v) is 17.0. The topological polar surface area (TPSA) is 16.8 Å². The summed E-state index contributed by atoms with van der Waals surface area (Å²) in [4.78, 5) is 4.13. The molecule has 0 fully saturated rings. The van der Waals surface area contributed by atoms with Gasteiger partial charge < -0.3 is 12.4 Å². The molecule has 2 heterocycles. The third-order valence-corrected chi connectivity index (χ3v) is 4.56. The molecule has 0 atom stereocenters. The van der Waals surface area contributed by atoms with E-state index < -0.39 is 0 Å². The molecule has 4 heteroatoms. The maximum atomic E-state index is 4.13. The van der Waals surface area contributed by atoms with E-state index in [1.165, 1.54) is 27.9 Å². The molecule has 0 bridgehead atoms. The summed E-state index contributed by atoms with van der Waals surface area (Å²) in [5.74, 6) is 0. The lowest BCUT2D eigenvalue weighted by atomic mass is 10.0. The molecule has 0 saturated heterocycles. The van der Waals surface area contributed by atoms with E-state index in [0.717, 1.165) is 13.0 Å². The largest absolute Gasteiger partial charge is 1.00 e. The van der Waals surface area contributed by atoms with Crippen LogP contribution in [0.5, 0.6) is 0 Å². The smallest absolute Gasteiger partial charge is 0.186 e. The van der Waals surface area contributed by atoms with Crippen molar-refractivity contribution in [1.29, 1.82) is 0 Å². The van der Waals surface area contributed by atoms with Gasteiger partial charge in [0.05, 0.1) is 6.42 Å². The Labute approximate surface area is 178 Å². The maximum absolute atomic E-state index is 4.13. The van der Waals surface area contributed by atoms with Gasteiger partial charge in [0.25, 0.3) is 0 Å². The van der Waals surface area contributed by atoms with Gasteiger partial charge in [-0.3, -0.25) is 4.98 Å². The van der Waals surface area contributed by atoms with Gasteiger partial charge in [-0.2, -0.15) is 4.57 Å². The molecule has 4 aromatic rings. The summed E-state index contributed by atoms with van der Waals surface area (Å²) >= 11 is 0. The lowest BCUT2D eigenvalue weighted by molar-refractivity contribution is -0.695. The fourth-order valence-electron chi connectivity index (χ4n) is 3.19. The van der Waals surface area contributed by atoms with Crippen LogP contribution in [0.15, 0.2) is 104 Å². The molecule has 0 spiro atoms. The van der Waals surface area contributed by atoms with Crippen molar-refractivity contribution in [3.63, 3.8) is 0 Å². The van der Waals surface area contributed by atoms with Gasteiger partial charge in [-0.15, -0.1) is 12.4 Å². The van der Waals surface area contributed by atoms with Crippen LogP contribution in [0.4, 0.5) is 0 Å². The molecule has 0 aliphatic carbocycles. The Bertz CT molecular complexity index is 975. The van der Waals surface area contributed by atoms with Crippen LogP contribution >= 0.6 is 12.4 Å². The second kappa shape index (κ2) is 10.6. The average molecular weight is 409 g/mol. The van der Waals surface area contributed by atoms with Crippen molar-refractivity contribution < 1.29 is 17.0 Å². The number of halogens is 2. The van der Waals surface area contributed by atoms with Gasteiger partial charge in [0, 0.05) is 30.1 Å². The lowest BCUT2D eigenvalue weighted by Gasteiger charge is -2.08. The highest BCUT2D eigenvalue weighted by atomic mass is 35.5. The van der Waals surface area contributed by atoms with Crippen molar-refractivity contribution >= 4 is 12.4 Å². The Kier molecular flexibility index (Phi) is 8.19. The van der Waals surface area contributed by atoms with Gasteiger partial charge in [0.15, 0.2) is 18.4 Å². The van der Waals surface area contributed by atoms with Gasteiger partial charge in [-0.05, 0) is 28.8 Å². The van der Waals surface area contributed by atoms with Gasteiger partial charge in [-0.25, -0.2) is 0 Å². The third-order valence-electron chi connectivity index (χ3n) is 4.56. The van der Waals surface area contributed by atoms with E-state index in [2.05, 4.69) is 101 Å². The van der Waals surface area contributed by atoms with Crippen LogP contribution in [0.25, 0.3) is 11.1 Å². The van der Waals surface area contributed by atoms with Gasteiger partial charge >= 0.3 is 0 Å². The van der Waals surface area contributed by atoms with Crippen LogP contribution in [0, 0.1) is 0 Å². The Morgan fingerprint density at radius 3 is 1.93 bits per heavy atom. The number of aromatic nitrogens is 2. The van der Waals surface area contributed by atoms with E-state index in [1.807, 2.05) is 12.4 Å². The van der Waals surface area contributed by atoms with Crippen LogP contribution < -0.4 is 17.0 Å². The average Bonchev–Trinajstić information content (AvgIpc) is 2.71. The summed E-state index contributed by atoms with van der Waals surface area (Å²) in [5.41, 5.74) is 6.35. The monoisotopic (exact) mass is 408 g/mol. The zero-order valence-electron chi connectivity index (χ0n) is 15.4. The van der Waals surface area contributed by atoms with E-state index in [0.29, 0.717) is 0 Å². The molecular formula is C24H22Cl2N2. The number of hydrogen-bond acceptors (Lipinski definition) is 1. The molecule has 0 aliphatic heterocycles. The Morgan fingerprint density at radius 1 is 0.679 bits per heavy atom. The Balaban J connectivity index is 0.00000140. The number of benzene rings is 2. The van der Waals surface area contributed by atoms with Crippen molar-refractivity contribution in [2.24, 2.45) is 0 Å². The molecule has 0 unspecified atom stereocenters. The second-order valence-electron chi connectivity index (χ2n) is 6.42. The zero-order chi connectivity index (χ0) is 17.6. The molecule has 0 radical (unpaired) electrons. The Hall–Kier alpha value is -2.68. The second-order valence-corrected chi connectivity index (χ2v) is 6.42. The fourth-order valence-corrected chi connectivity index (χ4v) is 3.19. The number of hydrogen-bond donors (Lipinski definition) is 0. The van der Waals surface area contributed by atoms with Crippen LogP contribution in [0.1, 0.15) is 16.8 Å². The lowest BCUT2D eigenvalue weighted by Crippen LogP contribution is -3.00. The van der Waals surface area contributed by atoms with Crippen molar-refractivity contribution in [2.45, 2.75) is 13.0 Å². The maximum Gasteiger partial charge on any atom is 0.186 e. The van der Waals surface area contributed by atoms with Gasteiger partial charge in [-0.1, -0.05) is 60.7 Å². The molecule has 2 aromatic heterocycles. The highest BCUT2D eigenvalue weighted by Gasteiger charge is 2.14. The van der Waals surface area contributed by atoms with Gasteiger partial charge in [0.1, 0.15) is 0 Å². The van der Waals surface area contributed by atoms with Crippen molar-refractivity contribution in [3.8, 4) is 11.1 Å². The van der Waals surface area contributed by atoms with Gasteiger partial charge in [0.2, 0.25) is 0 Å². The fraction of sp³-hybridized carbons (Fsp3) is 0.0833. The third kappa shape index (κ3) is 5.41. The van der Waals surface area contributed by atoms with E-state index in [4.69, 9.17) is 0 Å². The Morgan fingerprint density at radius 2 is 1.29 bits per heavy atom. The molecule has 0 saturated carbocycles. The minimum absolute atomic E-state index is 0. The molecule has 0 N–H and O–H groups in total. The predicted octanol–water partition coefficient (Wildman–Crippen LogP) is 2.10. The van der Waals surface area contributed by atoms with Crippen LogP contribution in [-0.4, -0.2) is 4.98 Å². The summed E-state index contributed by atoms with van der Waals surface area (Å²) in [7, 11) is 0. The highest BCUT2D eigenvalue weighted by Crippen LogP contribution is 2.19. The first-order chi connectivity index (χ1) is 12.9. The van der Waals surface area contributed by atoms with Crippen molar-refractivity contribution in [3.05, 3.63) is 120 Å². The minimum atomic E-state index is 0.